The molecular weight excluding hydrogens is 379 g/mol. The Morgan fingerprint density at radius 1 is 1.20 bits per heavy atom. The summed E-state index contributed by atoms with van der Waals surface area (Å²) in [5, 5.41) is 5.22. The molecule has 1 aliphatic heterocycles. The molecule has 2 heterocycles. The number of nitrogens with two attached hydrogens (primary N) is 1. The van der Waals surface area contributed by atoms with Crippen LogP contribution >= 0.6 is 0 Å². The van der Waals surface area contributed by atoms with Crippen molar-refractivity contribution in [3.63, 3.8) is 0 Å². The van der Waals surface area contributed by atoms with E-state index in [1.54, 1.807) is 12.3 Å². The van der Waals surface area contributed by atoms with Crippen LogP contribution in [-0.2, 0) is 17.9 Å². The normalized spacial score (nSPS) is 23.3. The van der Waals surface area contributed by atoms with Gasteiger partial charge in [0.05, 0.1) is 12.7 Å². The van der Waals surface area contributed by atoms with Crippen molar-refractivity contribution in [2.45, 2.75) is 38.1 Å². The van der Waals surface area contributed by atoms with E-state index in [0.29, 0.717) is 42.6 Å². The maximum Gasteiger partial charge on any atom is 0.131 e. The SMILES string of the molecule is CN1C[C@H]2CC1C[C@H]2OCc1ccc(CNc2ccc3c(N)nccc3c2)c(F)c1. The molecule has 5 nitrogen and oxygen atoms in total. The van der Waals surface area contributed by atoms with E-state index in [1.165, 1.54) is 6.42 Å². The van der Waals surface area contributed by atoms with Crippen LogP contribution in [0.4, 0.5) is 15.9 Å². The van der Waals surface area contributed by atoms with E-state index >= 15 is 0 Å². The van der Waals surface area contributed by atoms with Gasteiger partial charge in [0.2, 0.25) is 0 Å². The van der Waals surface area contributed by atoms with Crippen LogP contribution in [0.15, 0.2) is 48.7 Å². The van der Waals surface area contributed by atoms with Gasteiger partial charge in [-0.2, -0.15) is 0 Å². The lowest BCUT2D eigenvalue weighted by molar-refractivity contribution is -0.00641. The number of anilines is 2. The number of nitrogen functional groups attached to an aromatic ring is 1. The van der Waals surface area contributed by atoms with Gasteiger partial charge in [-0.05, 0) is 67.1 Å². The van der Waals surface area contributed by atoms with E-state index in [1.807, 2.05) is 36.4 Å². The third kappa shape index (κ3) is 3.73. The number of rotatable bonds is 6. The Kier molecular flexibility index (Phi) is 5.05. The molecule has 2 fully saturated rings. The van der Waals surface area contributed by atoms with Gasteiger partial charge in [0.15, 0.2) is 0 Å². The highest BCUT2D eigenvalue weighted by Crippen LogP contribution is 2.38. The average Bonchev–Trinajstić information content (AvgIpc) is 3.31. The third-order valence-electron chi connectivity index (χ3n) is 6.61. The van der Waals surface area contributed by atoms with Crippen LogP contribution in [0, 0.1) is 11.7 Å². The van der Waals surface area contributed by atoms with Gasteiger partial charge in [-0.1, -0.05) is 12.1 Å². The molecule has 2 bridgehead atoms. The Morgan fingerprint density at radius 2 is 2.10 bits per heavy atom. The standard InChI is InChI=1S/C24H27FN4O/c1-29-13-18-10-20(29)11-23(18)30-14-15-2-3-17(22(25)8-15)12-28-19-4-5-21-16(9-19)6-7-27-24(21)26/h2-9,18,20,23,28H,10-14H2,1H3,(H2,26,27)/t18-,20?,23-/m1/s1. The molecule has 6 heteroatoms. The summed E-state index contributed by atoms with van der Waals surface area (Å²) in [6.07, 6.45) is 4.33. The van der Waals surface area contributed by atoms with E-state index in [9.17, 15) is 4.39 Å². The molecule has 1 unspecified atom stereocenters. The predicted molar refractivity (Wildman–Crippen MR) is 118 cm³/mol. The fourth-order valence-electron chi connectivity index (χ4n) is 4.87. The van der Waals surface area contributed by atoms with E-state index < -0.39 is 0 Å². The number of piperidine rings is 1. The number of ether oxygens (including phenoxy) is 1. The van der Waals surface area contributed by atoms with E-state index in [4.69, 9.17) is 10.5 Å². The van der Waals surface area contributed by atoms with Crippen molar-refractivity contribution >= 4 is 22.3 Å². The maximum atomic E-state index is 14.6. The van der Waals surface area contributed by atoms with E-state index in [-0.39, 0.29) is 5.82 Å². The number of likely N-dealkylation sites (tertiary alicyclic amines) is 1. The summed E-state index contributed by atoms with van der Waals surface area (Å²) in [7, 11) is 2.19. The lowest BCUT2D eigenvalue weighted by Gasteiger charge is -2.28. The number of pyridine rings is 1. The van der Waals surface area contributed by atoms with Gasteiger partial charge in [-0.15, -0.1) is 0 Å². The lowest BCUT2D eigenvalue weighted by atomic mass is 10.1. The van der Waals surface area contributed by atoms with Gasteiger partial charge < -0.3 is 20.7 Å². The number of nitrogens with zero attached hydrogens (tertiary/aromatic N) is 2. The van der Waals surface area contributed by atoms with Gasteiger partial charge in [-0.3, -0.25) is 0 Å². The summed E-state index contributed by atoms with van der Waals surface area (Å²) in [6.45, 7) is 2.01. The lowest BCUT2D eigenvalue weighted by Crippen LogP contribution is -2.35. The van der Waals surface area contributed by atoms with Gasteiger partial charge in [0.1, 0.15) is 11.6 Å². The molecule has 3 atom stereocenters. The first-order valence-electron chi connectivity index (χ1n) is 10.5. The Balaban J connectivity index is 1.19. The molecular formula is C24H27FN4O. The molecule has 0 amide bonds. The smallest absolute Gasteiger partial charge is 0.131 e. The fraction of sp³-hybridized carbons (Fsp3) is 0.375. The second kappa shape index (κ2) is 7.85. The molecule has 156 valence electrons. The monoisotopic (exact) mass is 406 g/mol. The first kappa shape index (κ1) is 19.3. The molecule has 1 aliphatic carbocycles. The molecule has 3 aromatic rings. The minimum absolute atomic E-state index is 0.203. The quantitative estimate of drug-likeness (QED) is 0.643. The number of fused-ring (bicyclic) bond motifs is 3. The second-order valence-corrected chi connectivity index (χ2v) is 8.59. The fourth-order valence-corrected chi connectivity index (χ4v) is 4.87. The Morgan fingerprint density at radius 3 is 2.87 bits per heavy atom. The zero-order valence-corrected chi connectivity index (χ0v) is 17.1. The highest BCUT2D eigenvalue weighted by Gasteiger charge is 2.43. The average molecular weight is 407 g/mol. The minimum atomic E-state index is -0.203. The van der Waals surface area contributed by atoms with Crippen LogP contribution < -0.4 is 11.1 Å². The summed E-state index contributed by atoms with van der Waals surface area (Å²) in [6, 6.07) is 13.9. The van der Waals surface area contributed by atoms with Crippen molar-refractivity contribution in [3.05, 3.63) is 65.6 Å². The van der Waals surface area contributed by atoms with Gasteiger partial charge in [-0.25, -0.2) is 9.37 Å². The third-order valence-corrected chi connectivity index (χ3v) is 6.61. The van der Waals surface area contributed by atoms with Crippen molar-refractivity contribution in [1.29, 1.82) is 0 Å². The zero-order chi connectivity index (χ0) is 20.7. The summed E-state index contributed by atoms with van der Waals surface area (Å²) >= 11 is 0. The topological polar surface area (TPSA) is 63.4 Å². The summed E-state index contributed by atoms with van der Waals surface area (Å²) < 4.78 is 20.8. The van der Waals surface area contributed by atoms with Crippen LogP contribution in [0.1, 0.15) is 24.0 Å². The highest BCUT2D eigenvalue weighted by molar-refractivity contribution is 5.92. The molecule has 30 heavy (non-hydrogen) atoms. The zero-order valence-electron chi connectivity index (χ0n) is 17.1. The predicted octanol–water partition coefficient (Wildman–Crippen LogP) is 4.18. The maximum absolute atomic E-state index is 14.6. The van der Waals surface area contributed by atoms with Crippen LogP contribution in [0.3, 0.4) is 0 Å². The van der Waals surface area contributed by atoms with Crippen LogP contribution in [0.5, 0.6) is 0 Å². The molecule has 1 saturated heterocycles. The molecule has 1 saturated carbocycles. The summed E-state index contributed by atoms with van der Waals surface area (Å²) in [5.74, 6) is 0.937. The Labute approximate surface area is 176 Å². The first-order chi connectivity index (χ1) is 14.6. The molecule has 2 aromatic carbocycles. The van der Waals surface area contributed by atoms with Crippen molar-refractivity contribution in [1.82, 2.24) is 9.88 Å². The Bertz CT molecular complexity index is 1070. The van der Waals surface area contributed by atoms with Gasteiger partial charge in [0.25, 0.3) is 0 Å². The largest absolute Gasteiger partial charge is 0.383 e. The molecule has 0 radical (unpaired) electrons. The van der Waals surface area contributed by atoms with Crippen LogP contribution in [0.2, 0.25) is 0 Å². The van der Waals surface area contributed by atoms with Crippen LogP contribution in [0.25, 0.3) is 10.8 Å². The molecule has 0 spiro atoms. The number of halogens is 1. The number of hydrogen-bond acceptors (Lipinski definition) is 5. The van der Waals surface area contributed by atoms with Crippen molar-refractivity contribution in [3.8, 4) is 0 Å². The molecule has 5 rings (SSSR count). The summed E-state index contributed by atoms with van der Waals surface area (Å²) in [4.78, 5) is 6.52. The number of aromatic nitrogens is 1. The minimum Gasteiger partial charge on any atom is -0.383 e. The van der Waals surface area contributed by atoms with E-state index in [0.717, 1.165) is 35.0 Å². The number of hydrogen-bond donors (Lipinski definition) is 2. The Hall–Kier alpha value is -2.70. The van der Waals surface area contributed by atoms with Crippen molar-refractivity contribution < 1.29 is 9.13 Å². The first-order valence-corrected chi connectivity index (χ1v) is 10.5. The molecule has 3 N–H and O–H groups in total. The van der Waals surface area contributed by atoms with Crippen molar-refractivity contribution in [2.75, 3.05) is 24.6 Å². The molecule has 1 aromatic heterocycles. The highest BCUT2D eigenvalue weighted by atomic mass is 19.1. The molecule has 2 aliphatic rings. The number of nitrogens with one attached hydrogen (secondary N) is 1. The van der Waals surface area contributed by atoms with Gasteiger partial charge >= 0.3 is 0 Å². The number of benzene rings is 2. The van der Waals surface area contributed by atoms with Crippen molar-refractivity contribution in [2.24, 2.45) is 5.92 Å². The van der Waals surface area contributed by atoms with E-state index in [2.05, 4.69) is 22.2 Å². The van der Waals surface area contributed by atoms with Gasteiger partial charge in [0, 0.05) is 42.0 Å². The second-order valence-electron chi connectivity index (χ2n) is 8.59. The van der Waals surface area contributed by atoms with Crippen LogP contribution in [-0.4, -0.2) is 35.6 Å². The summed E-state index contributed by atoms with van der Waals surface area (Å²) in [5.41, 5.74) is 8.34.